The first-order valence-electron chi connectivity index (χ1n) is 8.95. The van der Waals surface area contributed by atoms with E-state index in [1.807, 2.05) is 38.9 Å². The van der Waals surface area contributed by atoms with Crippen LogP contribution in [0.25, 0.3) is 10.2 Å². The van der Waals surface area contributed by atoms with E-state index >= 15 is 0 Å². The van der Waals surface area contributed by atoms with Crippen molar-refractivity contribution in [2.75, 3.05) is 32.1 Å². The fourth-order valence-corrected chi connectivity index (χ4v) is 4.36. The van der Waals surface area contributed by atoms with Gasteiger partial charge in [-0.2, -0.15) is 0 Å². The predicted octanol–water partition coefficient (Wildman–Crippen LogP) is 4.68. The maximum Gasteiger partial charge on any atom is 0.270 e. The van der Waals surface area contributed by atoms with Gasteiger partial charge in [-0.15, -0.1) is 0 Å². The van der Waals surface area contributed by atoms with Gasteiger partial charge in [0, 0.05) is 25.2 Å². The van der Waals surface area contributed by atoms with E-state index in [4.69, 9.17) is 16.6 Å². The highest BCUT2D eigenvalue weighted by molar-refractivity contribution is 7.22. The van der Waals surface area contributed by atoms with Gasteiger partial charge in [-0.1, -0.05) is 29.0 Å². The van der Waals surface area contributed by atoms with Crippen LogP contribution >= 0.6 is 22.9 Å². The van der Waals surface area contributed by atoms with E-state index in [1.54, 1.807) is 4.90 Å². The number of carbonyl (C=O) groups excluding carboxylic acids is 1. The van der Waals surface area contributed by atoms with Crippen LogP contribution < -0.4 is 4.90 Å². The number of halogens is 1. The molecule has 3 rings (SSSR count). The zero-order valence-corrected chi connectivity index (χ0v) is 18.2. The van der Waals surface area contributed by atoms with Crippen molar-refractivity contribution in [3.05, 3.63) is 62.2 Å². The van der Waals surface area contributed by atoms with E-state index in [2.05, 4.69) is 6.07 Å². The van der Waals surface area contributed by atoms with Gasteiger partial charge in [-0.05, 0) is 51.2 Å². The molecule has 0 spiro atoms. The van der Waals surface area contributed by atoms with Gasteiger partial charge in [0.25, 0.3) is 11.6 Å². The number of thiazole rings is 1. The zero-order valence-electron chi connectivity index (χ0n) is 16.6. The van der Waals surface area contributed by atoms with Gasteiger partial charge < -0.3 is 4.90 Å². The third-order valence-electron chi connectivity index (χ3n) is 4.46. The molecule has 0 aliphatic rings. The predicted molar refractivity (Wildman–Crippen MR) is 117 cm³/mol. The highest BCUT2D eigenvalue weighted by Gasteiger charge is 2.25. The average molecular weight is 433 g/mol. The van der Waals surface area contributed by atoms with Crippen LogP contribution in [0.5, 0.6) is 0 Å². The molecule has 1 aromatic heterocycles. The Kier molecular flexibility index (Phi) is 6.16. The van der Waals surface area contributed by atoms with E-state index in [1.165, 1.54) is 29.5 Å². The molecule has 0 aliphatic heterocycles. The summed E-state index contributed by atoms with van der Waals surface area (Å²) in [6, 6.07) is 7.97. The molecule has 0 aliphatic carbocycles. The molecule has 0 atom stereocenters. The van der Waals surface area contributed by atoms with Crippen LogP contribution in [0, 0.1) is 24.0 Å². The van der Waals surface area contributed by atoms with Gasteiger partial charge in [0.05, 0.1) is 25.7 Å². The SMILES string of the molecule is Cc1cc(C)c2nc(N(CCN(C)C)C(=O)c3cc([N+](=O)[O-])ccc3Cl)sc2c1. The molecule has 0 unspecified atom stereocenters. The Labute approximate surface area is 177 Å². The fourth-order valence-electron chi connectivity index (χ4n) is 2.99. The summed E-state index contributed by atoms with van der Waals surface area (Å²) in [5.41, 5.74) is 2.92. The molecule has 7 nitrogen and oxygen atoms in total. The Morgan fingerprint density at radius 1 is 1.21 bits per heavy atom. The molecular weight excluding hydrogens is 412 g/mol. The van der Waals surface area contributed by atoms with Crippen LogP contribution in [0.15, 0.2) is 30.3 Å². The van der Waals surface area contributed by atoms with Crippen molar-refractivity contribution in [3.63, 3.8) is 0 Å². The second-order valence-electron chi connectivity index (χ2n) is 7.11. The number of rotatable bonds is 6. The van der Waals surface area contributed by atoms with Crippen LogP contribution in [0.1, 0.15) is 21.5 Å². The van der Waals surface area contributed by atoms with E-state index in [0.717, 1.165) is 21.3 Å². The summed E-state index contributed by atoms with van der Waals surface area (Å²) in [4.78, 5) is 32.2. The molecule has 9 heteroatoms. The Balaban J connectivity index is 2.08. The Morgan fingerprint density at radius 3 is 2.59 bits per heavy atom. The van der Waals surface area contributed by atoms with Gasteiger partial charge in [-0.25, -0.2) is 4.98 Å². The lowest BCUT2D eigenvalue weighted by Crippen LogP contribution is -2.37. The minimum Gasteiger partial charge on any atom is -0.308 e. The summed E-state index contributed by atoms with van der Waals surface area (Å²) >= 11 is 7.64. The van der Waals surface area contributed by atoms with Crippen LogP contribution in [0.3, 0.4) is 0 Å². The second kappa shape index (κ2) is 8.44. The molecule has 0 N–H and O–H groups in total. The summed E-state index contributed by atoms with van der Waals surface area (Å²) in [7, 11) is 3.82. The number of amides is 1. The normalized spacial score (nSPS) is 11.2. The van der Waals surface area contributed by atoms with Gasteiger partial charge in [0.15, 0.2) is 5.13 Å². The first kappa shape index (κ1) is 21.2. The van der Waals surface area contributed by atoms with E-state index in [9.17, 15) is 14.9 Å². The molecular formula is C20H21ClN4O3S. The standard InChI is InChI=1S/C20H21ClN4O3S/c1-12-9-13(2)18-17(10-12)29-20(22-18)24(8-7-23(3)4)19(26)15-11-14(25(27)28)5-6-16(15)21/h5-6,9-11H,7-8H2,1-4H3. The monoisotopic (exact) mass is 432 g/mol. The number of nitro benzene ring substituents is 1. The van der Waals surface area contributed by atoms with Crippen molar-refractivity contribution >= 4 is 49.9 Å². The van der Waals surface area contributed by atoms with Gasteiger partial charge in [0.2, 0.25) is 0 Å². The van der Waals surface area contributed by atoms with Gasteiger partial charge in [-0.3, -0.25) is 19.8 Å². The van der Waals surface area contributed by atoms with Crippen molar-refractivity contribution in [2.24, 2.45) is 0 Å². The van der Waals surface area contributed by atoms with Gasteiger partial charge in [0.1, 0.15) is 0 Å². The number of anilines is 1. The second-order valence-corrected chi connectivity index (χ2v) is 8.52. The molecule has 0 fully saturated rings. The number of nitro groups is 1. The average Bonchev–Trinajstić information content (AvgIpc) is 3.05. The van der Waals surface area contributed by atoms with Crippen molar-refractivity contribution < 1.29 is 9.72 Å². The number of fused-ring (bicyclic) bond motifs is 1. The number of nitrogens with zero attached hydrogens (tertiary/aromatic N) is 4. The summed E-state index contributed by atoms with van der Waals surface area (Å²) in [6.07, 6.45) is 0. The number of non-ortho nitro benzene ring substituents is 1. The summed E-state index contributed by atoms with van der Waals surface area (Å²) in [5.74, 6) is -0.408. The van der Waals surface area contributed by atoms with Gasteiger partial charge >= 0.3 is 0 Å². The highest BCUT2D eigenvalue weighted by atomic mass is 35.5. The first-order valence-corrected chi connectivity index (χ1v) is 10.1. The summed E-state index contributed by atoms with van der Waals surface area (Å²) in [6.45, 7) is 4.99. The largest absolute Gasteiger partial charge is 0.308 e. The molecule has 2 aromatic carbocycles. The molecule has 3 aromatic rings. The third kappa shape index (κ3) is 4.55. The Hall–Kier alpha value is -2.55. The molecule has 1 heterocycles. The van der Waals surface area contributed by atoms with Crippen LogP contribution in [-0.2, 0) is 0 Å². The summed E-state index contributed by atoms with van der Waals surface area (Å²) in [5, 5.41) is 11.9. The lowest BCUT2D eigenvalue weighted by Gasteiger charge is -2.22. The first-order chi connectivity index (χ1) is 13.7. The molecule has 0 saturated carbocycles. The third-order valence-corrected chi connectivity index (χ3v) is 5.81. The molecule has 29 heavy (non-hydrogen) atoms. The van der Waals surface area contributed by atoms with Crippen molar-refractivity contribution in [2.45, 2.75) is 13.8 Å². The van der Waals surface area contributed by atoms with Crippen LogP contribution in [-0.4, -0.2) is 47.9 Å². The summed E-state index contributed by atoms with van der Waals surface area (Å²) < 4.78 is 0.991. The number of likely N-dealkylation sites (N-methyl/N-ethyl adjacent to an activating group) is 1. The van der Waals surface area contributed by atoms with Crippen molar-refractivity contribution in [3.8, 4) is 0 Å². The zero-order chi connectivity index (χ0) is 21.3. The molecule has 0 bridgehead atoms. The number of aryl methyl sites for hydroxylation is 2. The highest BCUT2D eigenvalue weighted by Crippen LogP contribution is 2.33. The van der Waals surface area contributed by atoms with E-state index in [-0.39, 0.29) is 16.3 Å². The van der Waals surface area contributed by atoms with Crippen molar-refractivity contribution in [1.82, 2.24) is 9.88 Å². The minimum atomic E-state index is -0.541. The minimum absolute atomic E-state index is 0.0896. The maximum absolute atomic E-state index is 13.3. The van der Waals surface area contributed by atoms with Crippen LogP contribution in [0.2, 0.25) is 5.02 Å². The fraction of sp³-hybridized carbons (Fsp3) is 0.300. The topological polar surface area (TPSA) is 79.6 Å². The molecule has 0 radical (unpaired) electrons. The Bertz CT molecular complexity index is 1100. The molecule has 152 valence electrons. The maximum atomic E-state index is 13.3. The number of aromatic nitrogens is 1. The lowest BCUT2D eigenvalue weighted by molar-refractivity contribution is -0.384. The number of benzene rings is 2. The van der Waals surface area contributed by atoms with E-state index in [0.29, 0.717) is 18.2 Å². The smallest absolute Gasteiger partial charge is 0.270 e. The lowest BCUT2D eigenvalue weighted by atomic mass is 10.1. The quantitative estimate of drug-likeness (QED) is 0.417. The number of hydrogen-bond donors (Lipinski definition) is 0. The number of hydrogen-bond acceptors (Lipinski definition) is 6. The number of carbonyl (C=O) groups is 1. The van der Waals surface area contributed by atoms with E-state index < -0.39 is 10.8 Å². The molecule has 1 amide bonds. The van der Waals surface area contributed by atoms with Crippen molar-refractivity contribution in [1.29, 1.82) is 0 Å². The Morgan fingerprint density at radius 2 is 1.93 bits per heavy atom. The van der Waals surface area contributed by atoms with Crippen LogP contribution in [0.4, 0.5) is 10.8 Å². The molecule has 0 saturated heterocycles.